The molecule has 0 radical (unpaired) electrons. The van der Waals surface area contributed by atoms with Crippen LogP contribution in [0.1, 0.15) is 49.3 Å². The van der Waals surface area contributed by atoms with E-state index in [0.717, 1.165) is 39.7 Å². The van der Waals surface area contributed by atoms with Crippen molar-refractivity contribution < 1.29 is 14.3 Å². The fraction of sp³-hybridized carbons (Fsp3) is 0.348. The van der Waals surface area contributed by atoms with Gasteiger partial charge in [0.15, 0.2) is 0 Å². The van der Waals surface area contributed by atoms with Crippen molar-refractivity contribution in [1.82, 2.24) is 5.43 Å². The maximum Gasteiger partial charge on any atom is 0.240 e. The van der Waals surface area contributed by atoms with Gasteiger partial charge in [0.05, 0.1) is 12.8 Å². The smallest absolute Gasteiger partial charge is 0.240 e. The highest BCUT2D eigenvalue weighted by Crippen LogP contribution is 2.22. The lowest BCUT2D eigenvalue weighted by atomic mass is 10.1. The normalized spacial score (nSPS) is 10.8. The number of hydrogen-bond acceptors (Lipinski definition) is 4. The van der Waals surface area contributed by atoms with Gasteiger partial charge in [-0.25, -0.2) is 5.43 Å². The van der Waals surface area contributed by atoms with Crippen LogP contribution in [0.2, 0.25) is 0 Å². The fourth-order valence-electron chi connectivity index (χ4n) is 2.62. The molecule has 0 heterocycles. The monoisotopic (exact) mass is 473 g/mol. The molecule has 0 unspecified atom stereocenters. The Morgan fingerprint density at radius 3 is 2.63 bits per heavy atom. The third-order valence-electron chi connectivity index (χ3n) is 4.37. The standard InChI is InChI=1S/C23H28BrN3O3/c1-4-5-12-30-21-9-8-19(24)14-18(21)15-25-27-23(29)11-10-22(28)26-20-13-16(2)6-7-17(20)3/h6-9,13-15H,4-5,10-12H2,1-3H3,(H,26,28)(H,27,29). The summed E-state index contributed by atoms with van der Waals surface area (Å²) in [5.41, 5.74) is 6.03. The number of nitrogens with zero attached hydrogens (tertiary/aromatic N) is 1. The maximum absolute atomic E-state index is 12.1. The van der Waals surface area contributed by atoms with E-state index in [-0.39, 0.29) is 24.7 Å². The van der Waals surface area contributed by atoms with Gasteiger partial charge in [0.1, 0.15) is 5.75 Å². The van der Waals surface area contributed by atoms with Gasteiger partial charge in [0.25, 0.3) is 0 Å². The number of hydrazone groups is 1. The van der Waals surface area contributed by atoms with Crippen LogP contribution in [-0.4, -0.2) is 24.6 Å². The van der Waals surface area contributed by atoms with E-state index in [9.17, 15) is 9.59 Å². The molecule has 0 aliphatic heterocycles. The van der Waals surface area contributed by atoms with Gasteiger partial charge in [-0.1, -0.05) is 41.4 Å². The Morgan fingerprint density at radius 1 is 1.10 bits per heavy atom. The summed E-state index contributed by atoms with van der Waals surface area (Å²) in [5, 5.41) is 6.85. The number of ether oxygens (including phenoxy) is 1. The van der Waals surface area contributed by atoms with Gasteiger partial charge < -0.3 is 10.1 Å². The highest BCUT2D eigenvalue weighted by atomic mass is 79.9. The second-order valence-corrected chi connectivity index (χ2v) is 7.96. The van der Waals surface area contributed by atoms with Gasteiger partial charge in [-0.15, -0.1) is 0 Å². The van der Waals surface area contributed by atoms with Crippen molar-refractivity contribution in [3.05, 3.63) is 57.6 Å². The van der Waals surface area contributed by atoms with Crippen molar-refractivity contribution in [1.29, 1.82) is 0 Å². The number of halogens is 1. The second-order valence-electron chi connectivity index (χ2n) is 7.04. The van der Waals surface area contributed by atoms with E-state index in [1.165, 1.54) is 0 Å². The van der Waals surface area contributed by atoms with E-state index < -0.39 is 0 Å². The first kappa shape index (κ1) is 23.6. The first-order valence-corrected chi connectivity index (χ1v) is 10.8. The number of anilines is 1. The minimum Gasteiger partial charge on any atom is -0.493 e. The Hall–Kier alpha value is -2.67. The lowest BCUT2D eigenvalue weighted by Crippen LogP contribution is -2.21. The summed E-state index contributed by atoms with van der Waals surface area (Å²) < 4.78 is 6.66. The van der Waals surface area contributed by atoms with Crippen LogP contribution in [0.25, 0.3) is 0 Å². The van der Waals surface area contributed by atoms with Crippen LogP contribution in [0.5, 0.6) is 5.75 Å². The molecule has 2 amide bonds. The summed E-state index contributed by atoms with van der Waals surface area (Å²) in [7, 11) is 0. The number of carbonyl (C=O) groups is 2. The molecule has 7 heteroatoms. The van der Waals surface area contributed by atoms with Crippen molar-refractivity contribution in [3.63, 3.8) is 0 Å². The van der Waals surface area contributed by atoms with Crippen LogP contribution < -0.4 is 15.5 Å². The molecule has 0 saturated carbocycles. The summed E-state index contributed by atoms with van der Waals surface area (Å²) in [6, 6.07) is 11.5. The van der Waals surface area contributed by atoms with Crippen molar-refractivity contribution in [3.8, 4) is 5.75 Å². The highest BCUT2D eigenvalue weighted by Gasteiger charge is 2.09. The highest BCUT2D eigenvalue weighted by molar-refractivity contribution is 9.10. The predicted molar refractivity (Wildman–Crippen MR) is 124 cm³/mol. The van der Waals surface area contributed by atoms with E-state index in [2.05, 4.69) is 38.7 Å². The third-order valence-corrected chi connectivity index (χ3v) is 4.86. The summed E-state index contributed by atoms with van der Waals surface area (Å²) >= 11 is 3.43. The Morgan fingerprint density at radius 2 is 1.87 bits per heavy atom. The van der Waals surface area contributed by atoms with Gasteiger partial charge >= 0.3 is 0 Å². The van der Waals surface area contributed by atoms with Crippen LogP contribution in [0, 0.1) is 13.8 Å². The van der Waals surface area contributed by atoms with E-state index in [0.29, 0.717) is 12.4 Å². The second kappa shape index (κ2) is 12.1. The maximum atomic E-state index is 12.1. The lowest BCUT2D eigenvalue weighted by Gasteiger charge is -2.09. The first-order valence-electron chi connectivity index (χ1n) is 10.0. The number of unbranched alkanes of at least 4 members (excludes halogenated alkanes) is 1. The summed E-state index contributed by atoms with van der Waals surface area (Å²) in [5.74, 6) is 0.171. The molecule has 0 bridgehead atoms. The zero-order valence-electron chi connectivity index (χ0n) is 17.6. The minimum atomic E-state index is -0.328. The van der Waals surface area contributed by atoms with Gasteiger partial charge in [-0.3, -0.25) is 9.59 Å². The Kier molecular flexibility index (Phi) is 9.54. The summed E-state index contributed by atoms with van der Waals surface area (Å²) in [6.07, 6.45) is 3.68. The molecule has 2 aromatic carbocycles. The van der Waals surface area contributed by atoms with Crippen LogP contribution in [-0.2, 0) is 9.59 Å². The number of rotatable bonds is 10. The third kappa shape index (κ3) is 7.99. The van der Waals surface area contributed by atoms with Gasteiger partial charge in [-0.2, -0.15) is 5.10 Å². The average Bonchev–Trinajstić information content (AvgIpc) is 2.71. The van der Waals surface area contributed by atoms with E-state index >= 15 is 0 Å². The lowest BCUT2D eigenvalue weighted by molar-refractivity contribution is -0.124. The van der Waals surface area contributed by atoms with Crippen LogP contribution >= 0.6 is 15.9 Å². The fourth-order valence-corrected chi connectivity index (χ4v) is 3.00. The number of carbonyl (C=O) groups excluding carboxylic acids is 2. The molecule has 0 aromatic heterocycles. The molecule has 2 N–H and O–H groups in total. The van der Waals surface area contributed by atoms with Gasteiger partial charge in [0, 0.05) is 28.6 Å². The molecule has 30 heavy (non-hydrogen) atoms. The van der Waals surface area contributed by atoms with Crippen LogP contribution in [0.15, 0.2) is 46.0 Å². The van der Waals surface area contributed by atoms with E-state index in [1.54, 1.807) is 6.21 Å². The molecule has 0 spiro atoms. The molecule has 2 aromatic rings. The number of benzene rings is 2. The zero-order chi connectivity index (χ0) is 21.9. The predicted octanol–water partition coefficient (Wildman–Crippen LogP) is 5.11. The Balaban J connectivity index is 1.84. The van der Waals surface area contributed by atoms with Crippen LogP contribution in [0.4, 0.5) is 5.69 Å². The zero-order valence-corrected chi connectivity index (χ0v) is 19.2. The Bertz CT molecular complexity index is 913. The van der Waals surface area contributed by atoms with Crippen molar-refractivity contribution >= 4 is 39.6 Å². The van der Waals surface area contributed by atoms with E-state index in [1.807, 2.05) is 50.2 Å². The SMILES string of the molecule is CCCCOc1ccc(Br)cc1C=NNC(=O)CCC(=O)Nc1cc(C)ccc1C. The van der Waals surface area contributed by atoms with E-state index in [4.69, 9.17) is 4.74 Å². The number of hydrogen-bond donors (Lipinski definition) is 2. The number of nitrogens with one attached hydrogen (secondary N) is 2. The van der Waals surface area contributed by atoms with Crippen molar-refractivity contribution in [2.75, 3.05) is 11.9 Å². The number of amides is 2. The largest absolute Gasteiger partial charge is 0.493 e. The van der Waals surface area contributed by atoms with Crippen LogP contribution in [0.3, 0.4) is 0 Å². The molecule has 0 saturated heterocycles. The Labute approximate surface area is 186 Å². The molecule has 160 valence electrons. The molecule has 6 nitrogen and oxygen atoms in total. The summed E-state index contributed by atoms with van der Waals surface area (Å²) in [4.78, 5) is 24.2. The number of aryl methyl sites for hydroxylation is 2. The molecule has 0 aliphatic rings. The molecular weight excluding hydrogens is 446 g/mol. The van der Waals surface area contributed by atoms with Gasteiger partial charge in [0.2, 0.25) is 11.8 Å². The topological polar surface area (TPSA) is 79.8 Å². The molecule has 0 aliphatic carbocycles. The molecule has 2 rings (SSSR count). The quantitative estimate of drug-likeness (QED) is 0.285. The van der Waals surface area contributed by atoms with Crippen molar-refractivity contribution in [2.45, 2.75) is 46.5 Å². The molecule has 0 atom stereocenters. The minimum absolute atomic E-state index is 0.0480. The first-order chi connectivity index (χ1) is 14.4. The average molecular weight is 474 g/mol. The summed E-state index contributed by atoms with van der Waals surface area (Å²) in [6.45, 7) is 6.62. The molecule has 0 fully saturated rings. The van der Waals surface area contributed by atoms with Crippen molar-refractivity contribution in [2.24, 2.45) is 5.10 Å². The molecular formula is C23H28BrN3O3. The van der Waals surface area contributed by atoms with Gasteiger partial charge in [-0.05, 0) is 55.7 Å².